The van der Waals surface area contributed by atoms with Crippen molar-refractivity contribution < 1.29 is 32.1 Å². The number of ketones is 2. The number of carbonyl (C=O) groups is 2. The average molecular weight is 387 g/mol. The van der Waals surface area contributed by atoms with Gasteiger partial charge < -0.3 is 21.7 Å². The second kappa shape index (κ2) is 5.07. The third-order valence-corrected chi connectivity index (χ3v) is 4.87. The van der Waals surface area contributed by atoms with Crippen molar-refractivity contribution >= 4 is 44.8 Å². The van der Waals surface area contributed by atoms with Crippen molar-refractivity contribution in [2.75, 3.05) is 11.5 Å². The zero-order valence-corrected chi connectivity index (χ0v) is 13.6. The number of benzene rings is 2. The number of nitrogen functional groups attached to an aromatic ring is 2. The maximum atomic E-state index is 13.3. The standard InChI is InChI=1S/C14H8ClFN2O6S/c15-3-1-4(17)7-9(11(3)19)13(21)8-5(18)2-6(25(16,23)24)12(20)10(8)14(7)22/h1-2,19-20H,17-18H2. The summed E-state index contributed by atoms with van der Waals surface area (Å²) in [6.45, 7) is 0. The minimum atomic E-state index is -5.43. The van der Waals surface area contributed by atoms with Crippen LogP contribution in [0.25, 0.3) is 0 Å². The number of carbonyl (C=O) groups excluding carboxylic acids is 2. The molecule has 0 aliphatic heterocycles. The average Bonchev–Trinajstić information content (AvgIpc) is 2.49. The van der Waals surface area contributed by atoms with Gasteiger partial charge in [-0.1, -0.05) is 11.6 Å². The highest BCUT2D eigenvalue weighted by atomic mass is 35.5. The fourth-order valence-electron chi connectivity index (χ4n) is 2.69. The van der Waals surface area contributed by atoms with E-state index in [1.807, 2.05) is 0 Å². The van der Waals surface area contributed by atoms with Crippen molar-refractivity contribution in [3.8, 4) is 11.5 Å². The molecule has 0 bridgehead atoms. The van der Waals surface area contributed by atoms with Crippen molar-refractivity contribution in [3.05, 3.63) is 39.4 Å². The summed E-state index contributed by atoms with van der Waals surface area (Å²) in [5.74, 6) is -4.13. The van der Waals surface area contributed by atoms with Gasteiger partial charge in [-0.05, 0) is 12.1 Å². The Balaban J connectivity index is 2.49. The van der Waals surface area contributed by atoms with Gasteiger partial charge in [-0.15, -0.1) is 3.89 Å². The summed E-state index contributed by atoms with van der Waals surface area (Å²) in [7, 11) is -5.43. The molecule has 6 N–H and O–H groups in total. The molecule has 0 amide bonds. The molecule has 0 saturated heterocycles. The third-order valence-electron chi connectivity index (χ3n) is 3.75. The van der Waals surface area contributed by atoms with Crippen molar-refractivity contribution in [1.82, 2.24) is 0 Å². The summed E-state index contributed by atoms with van der Waals surface area (Å²) >= 11 is 5.74. The fraction of sp³-hybridized carbons (Fsp3) is 0. The molecule has 0 aromatic heterocycles. The van der Waals surface area contributed by atoms with E-state index in [4.69, 9.17) is 23.1 Å². The number of anilines is 2. The zero-order valence-electron chi connectivity index (χ0n) is 12.0. The van der Waals surface area contributed by atoms with Crippen molar-refractivity contribution in [2.24, 2.45) is 0 Å². The predicted octanol–water partition coefficient (Wildman–Crippen LogP) is 1.35. The third kappa shape index (κ3) is 2.22. The first kappa shape index (κ1) is 17.0. The maximum Gasteiger partial charge on any atom is 0.335 e. The van der Waals surface area contributed by atoms with Crippen LogP contribution in [0, 0.1) is 0 Å². The van der Waals surface area contributed by atoms with Gasteiger partial charge >= 0.3 is 10.2 Å². The summed E-state index contributed by atoms with van der Waals surface area (Å²) in [5.41, 5.74) is 7.93. The minimum Gasteiger partial charge on any atom is -0.506 e. The number of aromatic hydroxyl groups is 2. The molecule has 8 nitrogen and oxygen atoms in total. The largest absolute Gasteiger partial charge is 0.506 e. The zero-order chi connectivity index (χ0) is 18.8. The van der Waals surface area contributed by atoms with Crippen LogP contribution in [-0.2, 0) is 10.2 Å². The number of phenolic OH excluding ortho intramolecular Hbond substituents is 2. The number of halogens is 2. The van der Waals surface area contributed by atoms with E-state index in [9.17, 15) is 32.1 Å². The predicted molar refractivity (Wildman–Crippen MR) is 85.2 cm³/mol. The molecule has 2 aromatic rings. The van der Waals surface area contributed by atoms with Crippen LogP contribution in [0.1, 0.15) is 31.8 Å². The van der Waals surface area contributed by atoms with Gasteiger partial charge in [0, 0.05) is 11.4 Å². The summed E-state index contributed by atoms with van der Waals surface area (Å²) in [4.78, 5) is 24.1. The summed E-state index contributed by atoms with van der Waals surface area (Å²) < 4.78 is 35.6. The molecule has 0 atom stereocenters. The molecule has 0 saturated carbocycles. The highest BCUT2D eigenvalue weighted by molar-refractivity contribution is 7.86. The van der Waals surface area contributed by atoms with Crippen LogP contribution < -0.4 is 11.5 Å². The van der Waals surface area contributed by atoms with Gasteiger partial charge in [0.15, 0.2) is 0 Å². The molecule has 0 spiro atoms. The van der Waals surface area contributed by atoms with Crippen LogP contribution in [0.15, 0.2) is 17.0 Å². The molecule has 0 radical (unpaired) electrons. The lowest BCUT2D eigenvalue weighted by Crippen LogP contribution is -2.25. The molecule has 0 heterocycles. The number of nitrogens with two attached hydrogens (primary N) is 2. The van der Waals surface area contributed by atoms with Crippen LogP contribution >= 0.6 is 11.6 Å². The SMILES string of the molecule is Nc1cc(Cl)c(O)c2c1C(=O)c1c(O)c(S(=O)(=O)F)cc(N)c1C2=O. The van der Waals surface area contributed by atoms with Crippen LogP contribution in [0.4, 0.5) is 15.3 Å². The van der Waals surface area contributed by atoms with E-state index in [2.05, 4.69) is 0 Å². The Morgan fingerprint density at radius 2 is 1.32 bits per heavy atom. The van der Waals surface area contributed by atoms with Crippen LogP contribution in [-0.4, -0.2) is 30.2 Å². The first-order valence-corrected chi connectivity index (χ1v) is 8.23. The number of hydrogen-bond donors (Lipinski definition) is 4. The Kier molecular flexibility index (Phi) is 3.45. The Morgan fingerprint density at radius 1 is 0.880 bits per heavy atom. The van der Waals surface area contributed by atoms with Gasteiger partial charge in [-0.2, -0.15) is 8.42 Å². The first-order chi connectivity index (χ1) is 11.5. The Morgan fingerprint density at radius 3 is 1.80 bits per heavy atom. The highest BCUT2D eigenvalue weighted by Gasteiger charge is 2.40. The van der Waals surface area contributed by atoms with Gasteiger partial charge in [0.05, 0.1) is 27.3 Å². The van der Waals surface area contributed by atoms with E-state index in [1.165, 1.54) is 0 Å². The topological polar surface area (TPSA) is 161 Å². The van der Waals surface area contributed by atoms with Crippen LogP contribution in [0.5, 0.6) is 11.5 Å². The molecule has 25 heavy (non-hydrogen) atoms. The number of fused-ring (bicyclic) bond motifs is 2. The molecule has 2 aromatic carbocycles. The van der Waals surface area contributed by atoms with Gasteiger partial charge in [0.25, 0.3) is 0 Å². The summed E-state index contributed by atoms with van der Waals surface area (Å²) in [6, 6.07) is 1.51. The smallest absolute Gasteiger partial charge is 0.335 e. The van der Waals surface area contributed by atoms with Gasteiger partial charge in [0.1, 0.15) is 16.4 Å². The molecular weight excluding hydrogens is 379 g/mol. The van der Waals surface area contributed by atoms with Gasteiger partial charge in [-0.25, -0.2) is 0 Å². The van der Waals surface area contributed by atoms with Crippen LogP contribution in [0.2, 0.25) is 5.02 Å². The molecular formula is C14H8ClFN2O6S. The van der Waals surface area contributed by atoms with Crippen molar-refractivity contribution in [2.45, 2.75) is 4.90 Å². The lowest BCUT2D eigenvalue weighted by molar-refractivity contribution is 0.0975. The Bertz CT molecular complexity index is 1110. The van der Waals surface area contributed by atoms with E-state index < -0.39 is 66.1 Å². The van der Waals surface area contributed by atoms with Gasteiger partial charge in [-0.3, -0.25) is 9.59 Å². The van der Waals surface area contributed by atoms with E-state index >= 15 is 0 Å². The Labute approximate surface area is 144 Å². The number of rotatable bonds is 1. The number of hydrogen-bond acceptors (Lipinski definition) is 8. The molecule has 130 valence electrons. The minimum absolute atomic E-state index is 0.298. The second-order valence-electron chi connectivity index (χ2n) is 5.20. The quantitative estimate of drug-likeness (QED) is 0.277. The lowest BCUT2D eigenvalue weighted by Gasteiger charge is -2.23. The van der Waals surface area contributed by atoms with E-state index in [0.29, 0.717) is 6.07 Å². The fourth-order valence-corrected chi connectivity index (χ4v) is 3.51. The molecule has 1 aliphatic rings. The summed E-state index contributed by atoms with van der Waals surface area (Å²) in [5, 5.41) is 19.8. The monoisotopic (exact) mass is 386 g/mol. The van der Waals surface area contributed by atoms with Crippen molar-refractivity contribution in [1.29, 1.82) is 0 Å². The Hall–Kier alpha value is -2.85. The van der Waals surface area contributed by atoms with Gasteiger partial charge in [0.2, 0.25) is 11.6 Å². The number of phenols is 2. The molecule has 0 fully saturated rings. The molecule has 11 heteroatoms. The molecule has 3 rings (SSSR count). The normalized spacial score (nSPS) is 13.5. The second-order valence-corrected chi connectivity index (χ2v) is 6.93. The van der Waals surface area contributed by atoms with E-state index in [0.717, 1.165) is 6.07 Å². The maximum absolute atomic E-state index is 13.3. The van der Waals surface area contributed by atoms with Crippen LogP contribution in [0.3, 0.4) is 0 Å². The highest BCUT2D eigenvalue weighted by Crippen LogP contribution is 2.45. The van der Waals surface area contributed by atoms with E-state index in [1.54, 1.807) is 0 Å². The first-order valence-electron chi connectivity index (χ1n) is 6.47. The molecule has 0 unspecified atom stereocenters. The lowest BCUT2D eigenvalue weighted by atomic mass is 9.81. The van der Waals surface area contributed by atoms with Crippen molar-refractivity contribution in [3.63, 3.8) is 0 Å². The summed E-state index contributed by atoms with van der Waals surface area (Å²) in [6.07, 6.45) is 0. The molecule has 1 aliphatic carbocycles. The van der Waals surface area contributed by atoms with E-state index in [-0.39, 0.29) is 10.7 Å².